The maximum atomic E-state index is 4.74. The number of H-pyrrole nitrogens is 2. The summed E-state index contributed by atoms with van der Waals surface area (Å²) >= 11 is 0. The molecule has 0 fully saturated rings. The Morgan fingerprint density at radius 1 is 0.667 bits per heavy atom. The fourth-order valence-electron chi connectivity index (χ4n) is 5.12. The number of nitrogens with one attached hydrogen (secondary N) is 3. The van der Waals surface area contributed by atoms with Gasteiger partial charge in [0.05, 0.1) is 23.1 Å². The molecule has 0 unspecified atom stereocenters. The van der Waals surface area contributed by atoms with Gasteiger partial charge in [-0.2, -0.15) is 5.10 Å². The maximum absolute atomic E-state index is 4.74. The van der Waals surface area contributed by atoms with Gasteiger partial charge in [-0.1, -0.05) is 66.7 Å². The predicted octanol–water partition coefficient (Wildman–Crippen LogP) is 7.13. The van der Waals surface area contributed by atoms with Crippen LogP contribution in [-0.4, -0.2) is 25.1 Å². The molecule has 0 bridgehead atoms. The van der Waals surface area contributed by atoms with E-state index in [4.69, 9.17) is 4.98 Å². The normalized spacial score (nSPS) is 11.4. The van der Waals surface area contributed by atoms with E-state index in [1.807, 2.05) is 24.5 Å². The second-order valence-electron chi connectivity index (χ2n) is 9.67. The second kappa shape index (κ2) is 10.0. The van der Waals surface area contributed by atoms with Crippen molar-refractivity contribution in [1.29, 1.82) is 0 Å². The van der Waals surface area contributed by atoms with Crippen LogP contribution in [0.15, 0.2) is 116 Å². The van der Waals surface area contributed by atoms with Gasteiger partial charge in [0.1, 0.15) is 5.69 Å². The van der Waals surface area contributed by atoms with Gasteiger partial charge in [0, 0.05) is 52.9 Å². The lowest BCUT2D eigenvalue weighted by molar-refractivity contribution is 0.693. The minimum atomic E-state index is 0.788. The van der Waals surface area contributed by atoms with Crippen LogP contribution in [0.2, 0.25) is 0 Å². The number of rotatable bonds is 7. The molecule has 6 nitrogen and oxygen atoms in total. The van der Waals surface area contributed by atoms with E-state index < -0.39 is 0 Å². The summed E-state index contributed by atoms with van der Waals surface area (Å²) in [6, 6.07) is 33.6. The zero-order valence-corrected chi connectivity index (χ0v) is 21.2. The molecule has 0 saturated heterocycles. The summed E-state index contributed by atoms with van der Waals surface area (Å²) in [5.74, 6) is 0. The number of benzene rings is 3. The van der Waals surface area contributed by atoms with E-state index in [1.54, 1.807) is 6.20 Å². The highest BCUT2D eigenvalue weighted by atomic mass is 15.1. The number of hydrogen-bond acceptors (Lipinski definition) is 4. The van der Waals surface area contributed by atoms with E-state index in [1.165, 1.54) is 11.1 Å². The lowest BCUT2D eigenvalue weighted by Gasteiger charge is -2.08. The third-order valence-electron chi connectivity index (χ3n) is 7.06. The van der Waals surface area contributed by atoms with Gasteiger partial charge >= 0.3 is 0 Å². The van der Waals surface area contributed by atoms with E-state index >= 15 is 0 Å². The van der Waals surface area contributed by atoms with Crippen LogP contribution in [0.5, 0.6) is 0 Å². The molecule has 7 rings (SSSR count). The Hall–Kier alpha value is -5.07. The number of hydrogen-bond donors (Lipinski definition) is 3. The largest absolute Gasteiger partial charge is 0.353 e. The summed E-state index contributed by atoms with van der Waals surface area (Å²) < 4.78 is 0. The van der Waals surface area contributed by atoms with Gasteiger partial charge in [-0.15, -0.1) is 0 Å². The predicted molar refractivity (Wildman–Crippen MR) is 157 cm³/mol. The number of fused-ring (bicyclic) bond motifs is 2. The van der Waals surface area contributed by atoms with Crippen LogP contribution in [0.1, 0.15) is 11.1 Å². The highest BCUT2D eigenvalue weighted by molar-refractivity contribution is 6.01. The fourth-order valence-corrected chi connectivity index (χ4v) is 5.12. The van der Waals surface area contributed by atoms with Crippen LogP contribution in [0.3, 0.4) is 0 Å². The average molecular weight is 507 g/mol. The minimum absolute atomic E-state index is 0.788. The van der Waals surface area contributed by atoms with Crippen molar-refractivity contribution in [1.82, 2.24) is 30.5 Å². The van der Waals surface area contributed by atoms with Crippen molar-refractivity contribution >= 4 is 21.8 Å². The number of aromatic nitrogens is 5. The van der Waals surface area contributed by atoms with Gasteiger partial charge in [0.25, 0.3) is 0 Å². The average Bonchev–Trinajstić information content (AvgIpc) is 3.62. The van der Waals surface area contributed by atoms with Crippen LogP contribution in [0.25, 0.3) is 55.6 Å². The first-order chi connectivity index (χ1) is 19.3. The molecule has 0 atom stereocenters. The molecule has 7 aromatic rings. The third-order valence-corrected chi connectivity index (χ3v) is 7.06. The lowest BCUT2D eigenvalue weighted by Crippen LogP contribution is -2.12. The molecule has 0 aliphatic carbocycles. The molecule has 0 saturated carbocycles. The molecule has 6 heteroatoms. The van der Waals surface area contributed by atoms with Gasteiger partial charge in [-0.3, -0.25) is 15.1 Å². The summed E-state index contributed by atoms with van der Waals surface area (Å²) in [5.41, 5.74) is 10.5. The van der Waals surface area contributed by atoms with Crippen molar-refractivity contribution in [2.24, 2.45) is 0 Å². The Bertz CT molecular complexity index is 1890. The summed E-state index contributed by atoms with van der Waals surface area (Å²) in [7, 11) is 0. The van der Waals surface area contributed by atoms with E-state index in [2.05, 4.69) is 110 Å². The molecule has 0 radical (unpaired) electrons. The molecular formula is C33H26N6. The maximum Gasteiger partial charge on any atom is 0.116 e. The van der Waals surface area contributed by atoms with Crippen molar-refractivity contribution in [3.05, 3.63) is 127 Å². The van der Waals surface area contributed by atoms with Crippen LogP contribution in [-0.2, 0) is 13.1 Å². The molecule has 0 amide bonds. The summed E-state index contributed by atoms with van der Waals surface area (Å²) in [6.07, 6.45) is 5.56. The molecule has 4 aromatic heterocycles. The van der Waals surface area contributed by atoms with Crippen LogP contribution < -0.4 is 5.32 Å². The van der Waals surface area contributed by atoms with Gasteiger partial charge < -0.3 is 10.3 Å². The quantitative estimate of drug-likeness (QED) is 0.215. The van der Waals surface area contributed by atoms with Crippen molar-refractivity contribution in [3.8, 4) is 33.8 Å². The first-order valence-corrected chi connectivity index (χ1v) is 13.0. The highest BCUT2D eigenvalue weighted by Gasteiger charge is 2.15. The fraction of sp³-hybridized carbons (Fsp3) is 0.0606. The monoisotopic (exact) mass is 506 g/mol. The van der Waals surface area contributed by atoms with E-state index in [0.717, 1.165) is 68.7 Å². The number of nitrogens with zero attached hydrogens (tertiary/aromatic N) is 3. The van der Waals surface area contributed by atoms with Crippen molar-refractivity contribution < 1.29 is 0 Å². The summed E-state index contributed by atoms with van der Waals surface area (Å²) in [5, 5.41) is 13.5. The van der Waals surface area contributed by atoms with Gasteiger partial charge in [0.2, 0.25) is 0 Å². The smallest absolute Gasteiger partial charge is 0.116 e. The highest BCUT2D eigenvalue weighted by Crippen LogP contribution is 2.34. The number of aromatic amines is 2. The van der Waals surface area contributed by atoms with Crippen molar-refractivity contribution in [2.45, 2.75) is 13.1 Å². The molecule has 0 aliphatic heterocycles. The zero-order chi connectivity index (χ0) is 26.0. The molecule has 188 valence electrons. The van der Waals surface area contributed by atoms with Gasteiger partial charge in [0.15, 0.2) is 0 Å². The summed E-state index contributed by atoms with van der Waals surface area (Å²) in [4.78, 5) is 12.6. The topological polar surface area (TPSA) is 82.3 Å². The molecule has 0 spiro atoms. The molecule has 39 heavy (non-hydrogen) atoms. The molecule has 0 aliphatic rings. The molecule has 3 aromatic carbocycles. The van der Waals surface area contributed by atoms with Crippen LogP contribution in [0, 0.1) is 0 Å². The van der Waals surface area contributed by atoms with Crippen LogP contribution >= 0.6 is 0 Å². The zero-order valence-electron chi connectivity index (χ0n) is 21.2. The lowest BCUT2D eigenvalue weighted by atomic mass is 10.0. The first kappa shape index (κ1) is 23.1. The Morgan fingerprint density at radius 3 is 2.41 bits per heavy atom. The van der Waals surface area contributed by atoms with Crippen molar-refractivity contribution in [2.75, 3.05) is 0 Å². The Balaban J connectivity index is 1.20. The van der Waals surface area contributed by atoms with Gasteiger partial charge in [-0.25, -0.2) is 0 Å². The Morgan fingerprint density at radius 2 is 1.51 bits per heavy atom. The Kier molecular flexibility index (Phi) is 5.92. The van der Waals surface area contributed by atoms with E-state index in [0.29, 0.717) is 0 Å². The van der Waals surface area contributed by atoms with E-state index in [9.17, 15) is 0 Å². The molecule has 3 N–H and O–H groups in total. The molecular weight excluding hydrogens is 480 g/mol. The number of pyridine rings is 2. The standard InChI is InChI=1S/C33H26N6/c1-2-7-22(8-3-1)18-35-19-23-9-4-10-24(15-23)30-17-28-32(21-36-30)38-39-33(28)31-16-27-26(12-5-13-29(27)37-31)25-11-6-14-34-20-25/h1-17,20-21,35,37H,18-19H2,(H,38,39). The van der Waals surface area contributed by atoms with Crippen molar-refractivity contribution in [3.63, 3.8) is 0 Å². The van der Waals surface area contributed by atoms with Crippen LogP contribution in [0.4, 0.5) is 0 Å². The Labute approximate surface area is 225 Å². The van der Waals surface area contributed by atoms with Gasteiger partial charge in [-0.05, 0) is 47.0 Å². The second-order valence-corrected chi connectivity index (χ2v) is 9.67. The SMILES string of the molecule is c1ccc(CNCc2cccc(-c3cc4c(-c5cc6c(-c7cccnc7)cccc6[nH]5)n[nH]c4cn3)c2)cc1. The minimum Gasteiger partial charge on any atom is -0.353 e. The molecule has 4 heterocycles. The first-order valence-electron chi connectivity index (χ1n) is 13.0. The third kappa shape index (κ3) is 4.58. The summed E-state index contributed by atoms with van der Waals surface area (Å²) in [6.45, 7) is 1.62. The van der Waals surface area contributed by atoms with E-state index in [-0.39, 0.29) is 0 Å².